The summed E-state index contributed by atoms with van der Waals surface area (Å²) in [4.78, 5) is 43.4. The van der Waals surface area contributed by atoms with Gasteiger partial charge in [0.2, 0.25) is 5.95 Å². The molecule has 2 aliphatic heterocycles. The van der Waals surface area contributed by atoms with Crippen molar-refractivity contribution in [1.29, 1.82) is 0 Å². The number of hydrogen-bond acceptors (Lipinski definition) is 9. The summed E-state index contributed by atoms with van der Waals surface area (Å²) in [5.74, 6) is -0.507. The van der Waals surface area contributed by atoms with Crippen LogP contribution in [-0.2, 0) is 11.8 Å². The van der Waals surface area contributed by atoms with Gasteiger partial charge in [-0.05, 0) is 76.7 Å². The van der Waals surface area contributed by atoms with Crippen LogP contribution in [0.15, 0.2) is 51.9 Å². The molecule has 1 fully saturated rings. The summed E-state index contributed by atoms with van der Waals surface area (Å²) in [6, 6.07) is 11.6. The van der Waals surface area contributed by atoms with Crippen molar-refractivity contribution in [2.45, 2.75) is 38.2 Å². The van der Waals surface area contributed by atoms with Gasteiger partial charge in [-0.3, -0.25) is 14.3 Å². The van der Waals surface area contributed by atoms with Gasteiger partial charge in [-0.2, -0.15) is 4.98 Å². The van der Waals surface area contributed by atoms with Crippen molar-refractivity contribution in [3.63, 3.8) is 0 Å². The number of benzene rings is 2. The zero-order valence-corrected chi connectivity index (χ0v) is 30.3. The summed E-state index contributed by atoms with van der Waals surface area (Å²) >= 11 is 7.17. The number of aryl methyl sites for hydroxylation is 1. The molecular weight excluding hydrogens is 735 g/mol. The molecule has 47 heavy (non-hydrogen) atoms. The first-order valence-electron chi connectivity index (χ1n) is 15.3. The predicted molar refractivity (Wildman–Crippen MR) is 191 cm³/mol. The molecule has 0 saturated carbocycles. The van der Waals surface area contributed by atoms with E-state index in [1.54, 1.807) is 38.8 Å². The molecule has 248 valence electrons. The maximum atomic E-state index is 16.5. The van der Waals surface area contributed by atoms with Gasteiger partial charge in [0, 0.05) is 55.3 Å². The Labute approximate surface area is 289 Å². The van der Waals surface area contributed by atoms with Crippen LogP contribution in [-0.4, -0.2) is 75.9 Å². The van der Waals surface area contributed by atoms with Crippen LogP contribution < -0.4 is 25.6 Å². The van der Waals surface area contributed by atoms with E-state index >= 15 is 4.39 Å². The molecule has 0 bridgehead atoms. The summed E-state index contributed by atoms with van der Waals surface area (Å²) in [5, 5.41) is 3.27. The fourth-order valence-corrected chi connectivity index (χ4v) is 6.87. The van der Waals surface area contributed by atoms with Gasteiger partial charge < -0.3 is 24.8 Å². The topological polar surface area (TPSA) is 99.1 Å². The van der Waals surface area contributed by atoms with Gasteiger partial charge in [-0.25, -0.2) is 14.2 Å². The standard InChI is InChI=1S/C33H37Br2FN8O3/c1-19-23(34)11-12-24-27(19)44(32(46)47-33(2,3)4)25(35)18-43(24)28-26(36)22-17-37-31(39-29(22)41(6)30(28)45)38-20-7-9-21(10-8-20)42-15-13-40(5)14-16-42/h7-12,17,25H,13-16,18H2,1-6H3,(H,37,38,39). The minimum atomic E-state index is -0.747. The van der Waals surface area contributed by atoms with Crippen molar-refractivity contribution in [3.05, 3.63) is 68.8 Å². The molecule has 1 N–H and O–H groups in total. The molecule has 4 aromatic rings. The second-order valence-electron chi connectivity index (χ2n) is 12.9. The molecule has 0 aliphatic carbocycles. The van der Waals surface area contributed by atoms with Crippen LogP contribution >= 0.6 is 31.9 Å². The highest BCUT2D eigenvalue weighted by Crippen LogP contribution is 2.46. The maximum Gasteiger partial charge on any atom is 0.415 e. The Morgan fingerprint density at radius 3 is 2.38 bits per heavy atom. The third-order valence-corrected chi connectivity index (χ3v) is 9.94. The lowest BCUT2D eigenvalue weighted by Gasteiger charge is -2.42. The molecule has 6 rings (SSSR count). The highest BCUT2D eigenvalue weighted by Gasteiger charge is 2.40. The lowest BCUT2D eigenvalue weighted by Crippen LogP contribution is -2.50. The number of halogens is 3. The number of likely N-dealkylation sites (N-methyl/N-ethyl adjacent to an activating group) is 1. The molecule has 11 nitrogen and oxygen atoms in total. The molecule has 1 unspecified atom stereocenters. The first-order chi connectivity index (χ1) is 22.2. The monoisotopic (exact) mass is 770 g/mol. The van der Waals surface area contributed by atoms with Crippen LogP contribution in [0.1, 0.15) is 26.3 Å². The van der Waals surface area contributed by atoms with Gasteiger partial charge in [0.1, 0.15) is 16.2 Å². The van der Waals surface area contributed by atoms with Crippen LogP contribution in [0.5, 0.6) is 0 Å². The van der Waals surface area contributed by atoms with E-state index in [1.165, 1.54) is 15.7 Å². The molecule has 0 spiro atoms. The molecule has 14 heteroatoms. The minimum absolute atomic E-state index is 0.0790. The molecule has 2 aromatic heterocycles. The number of rotatable bonds is 4. The number of ether oxygens (including phenoxy) is 1. The number of anilines is 6. The van der Waals surface area contributed by atoms with E-state index < -0.39 is 28.0 Å². The van der Waals surface area contributed by atoms with Crippen molar-refractivity contribution in [2.24, 2.45) is 7.05 Å². The average molecular weight is 773 g/mol. The van der Waals surface area contributed by atoms with Gasteiger partial charge in [0.15, 0.2) is 11.5 Å². The Morgan fingerprint density at radius 2 is 1.72 bits per heavy atom. The molecule has 0 radical (unpaired) electrons. The second-order valence-corrected chi connectivity index (χ2v) is 14.8. The van der Waals surface area contributed by atoms with Crippen LogP contribution in [0, 0.1) is 12.7 Å². The fourth-order valence-electron chi connectivity index (χ4n) is 5.89. The molecular formula is C33H37Br2FN8O3. The first-order valence-corrected chi connectivity index (χ1v) is 17.0. The number of piperazine rings is 1. The molecule has 1 atom stereocenters. The van der Waals surface area contributed by atoms with Gasteiger partial charge in [-0.15, -0.1) is 0 Å². The number of carbonyl (C=O) groups excluding carboxylic acids is 1. The fraction of sp³-hybridized carbons (Fsp3) is 0.394. The number of pyridine rings is 1. The summed E-state index contributed by atoms with van der Waals surface area (Å²) < 4.78 is 24.3. The third-order valence-electron chi connectivity index (χ3n) is 8.38. The number of fused-ring (bicyclic) bond motifs is 2. The van der Waals surface area contributed by atoms with Crippen LogP contribution in [0.4, 0.5) is 43.6 Å². The average Bonchev–Trinajstić information content (AvgIpc) is 3.02. The SMILES string of the molecule is Cc1c(Br)ccc2c1N(C(=O)OC(C)(C)C)C(Br)CN2c1c(F)c2cnc(Nc3ccc(N4CCN(C)CC4)cc3)nc2n(C)c1=O. The number of hydrogen-bond donors (Lipinski definition) is 1. The summed E-state index contributed by atoms with van der Waals surface area (Å²) in [5.41, 5.74) is 2.31. The summed E-state index contributed by atoms with van der Waals surface area (Å²) in [6.45, 7) is 11.3. The van der Waals surface area contributed by atoms with E-state index in [9.17, 15) is 9.59 Å². The van der Waals surface area contributed by atoms with E-state index in [-0.39, 0.29) is 29.2 Å². The summed E-state index contributed by atoms with van der Waals surface area (Å²) in [6.07, 6.45) is 0.827. The molecule has 2 aromatic carbocycles. The minimum Gasteiger partial charge on any atom is -0.443 e. The largest absolute Gasteiger partial charge is 0.443 e. The van der Waals surface area contributed by atoms with Gasteiger partial charge in [0.05, 0.1) is 23.3 Å². The van der Waals surface area contributed by atoms with E-state index in [0.29, 0.717) is 11.4 Å². The van der Waals surface area contributed by atoms with Crippen molar-refractivity contribution >= 4 is 83.4 Å². The zero-order chi connectivity index (χ0) is 33.8. The summed E-state index contributed by atoms with van der Waals surface area (Å²) in [7, 11) is 3.69. The highest BCUT2D eigenvalue weighted by molar-refractivity contribution is 9.10. The van der Waals surface area contributed by atoms with E-state index in [1.807, 2.05) is 37.3 Å². The molecule has 4 heterocycles. The van der Waals surface area contributed by atoms with Crippen LogP contribution in [0.25, 0.3) is 11.0 Å². The Bertz CT molecular complexity index is 1910. The quantitative estimate of drug-likeness (QED) is 0.181. The third kappa shape index (κ3) is 6.42. The highest BCUT2D eigenvalue weighted by atomic mass is 79.9. The molecule has 1 amide bonds. The smallest absolute Gasteiger partial charge is 0.415 e. The van der Waals surface area contributed by atoms with Gasteiger partial charge in [-0.1, -0.05) is 31.9 Å². The number of nitrogens with one attached hydrogen (secondary N) is 1. The van der Waals surface area contributed by atoms with E-state index in [4.69, 9.17) is 4.74 Å². The van der Waals surface area contributed by atoms with Crippen LogP contribution in [0.3, 0.4) is 0 Å². The Morgan fingerprint density at radius 1 is 1.04 bits per heavy atom. The number of nitrogens with zero attached hydrogens (tertiary/aromatic N) is 7. The Hall–Kier alpha value is -3.75. The number of carbonyl (C=O) groups is 1. The van der Waals surface area contributed by atoms with Crippen LogP contribution in [0.2, 0.25) is 0 Å². The van der Waals surface area contributed by atoms with E-state index in [0.717, 1.165) is 47.6 Å². The predicted octanol–water partition coefficient (Wildman–Crippen LogP) is 6.65. The Kier molecular flexibility index (Phi) is 8.96. The number of alkyl halides is 1. The molecule has 1 saturated heterocycles. The van der Waals surface area contributed by atoms with Crippen molar-refractivity contribution in [2.75, 3.05) is 59.8 Å². The number of aromatic nitrogens is 3. The first kappa shape index (κ1) is 33.2. The normalized spacial score (nSPS) is 17.2. The maximum absolute atomic E-state index is 16.5. The van der Waals surface area contributed by atoms with Gasteiger partial charge >= 0.3 is 6.09 Å². The second kappa shape index (κ2) is 12.7. The molecule has 2 aliphatic rings. The van der Waals surface area contributed by atoms with Crippen molar-refractivity contribution in [3.8, 4) is 0 Å². The van der Waals surface area contributed by atoms with Crippen molar-refractivity contribution in [1.82, 2.24) is 19.4 Å². The van der Waals surface area contributed by atoms with E-state index in [2.05, 4.69) is 64.0 Å². The van der Waals surface area contributed by atoms with Crippen molar-refractivity contribution < 1.29 is 13.9 Å². The zero-order valence-electron chi connectivity index (χ0n) is 27.1. The van der Waals surface area contributed by atoms with Gasteiger partial charge in [0.25, 0.3) is 5.56 Å². The Balaban J connectivity index is 1.34. The lowest BCUT2D eigenvalue weighted by atomic mass is 10.1. The lowest BCUT2D eigenvalue weighted by molar-refractivity contribution is 0.0576. The number of amides is 1.